The van der Waals surface area contributed by atoms with Gasteiger partial charge in [-0.25, -0.2) is 17.6 Å². The van der Waals surface area contributed by atoms with Crippen LogP contribution >= 0.6 is 0 Å². The van der Waals surface area contributed by atoms with E-state index in [4.69, 9.17) is 4.74 Å². The Morgan fingerprint density at radius 1 is 0.641 bits per heavy atom. The summed E-state index contributed by atoms with van der Waals surface area (Å²) < 4.78 is 65.8. The summed E-state index contributed by atoms with van der Waals surface area (Å²) in [6, 6.07) is 12.9. The fourth-order valence-electron chi connectivity index (χ4n) is 5.65. The molecule has 210 valence electrons. The Morgan fingerprint density at radius 2 is 1.26 bits per heavy atom. The lowest BCUT2D eigenvalue weighted by atomic mass is 9.90. The fraction of sp³-hybridized carbons (Fsp3) is 0.471. The van der Waals surface area contributed by atoms with Crippen molar-refractivity contribution in [3.05, 3.63) is 82.9 Å². The van der Waals surface area contributed by atoms with Crippen LogP contribution in [0.25, 0.3) is 22.3 Å². The fourth-order valence-corrected chi connectivity index (χ4v) is 5.65. The van der Waals surface area contributed by atoms with E-state index in [1.54, 1.807) is 48.5 Å². The second-order valence-electron chi connectivity index (χ2n) is 10.9. The van der Waals surface area contributed by atoms with Crippen LogP contribution in [0.15, 0.2) is 48.5 Å². The Labute approximate surface area is 230 Å². The van der Waals surface area contributed by atoms with Gasteiger partial charge >= 0.3 is 0 Å². The first-order valence-corrected chi connectivity index (χ1v) is 14.6. The maximum Gasteiger partial charge on any atom is 0.167 e. The van der Waals surface area contributed by atoms with E-state index in [0.29, 0.717) is 42.1 Å². The van der Waals surface area contributed by atoms with E-state index in [1.807, 2.05) is 0 Å². The molecule has 1 saturated heterocycles. The molecule has 1 fully saturated rings. The lowest BCUT2D eigenvalue weighted by molar-refractivity contribution is -0.0214. The minimum absolute atomic E-state index is 0.128. The summed E-state index contributed by atoms with van der Waals surface area (Å²) in [5, 5.41) is 0. The Bertz CT molecular complexity index is 1210. The van der Waals surface area contributed by atoms with Crippen LogP contribution < -0.4 is 0 Å². The molecule has 1 nitrogen and oxygen atoms in total. The van der Waals surface area contributed by atoms with Gasteiger partial charge in [-0.3, -0.25) is 0 Å². The summed E-state index contributed by atoms with van der Waals surface area (Å²) in [5.41, 5.74) is 1.88. The summed E-state index contributed by atoms with van der Waals surface area (Å²) in [5.74, 6) is -3.01. The number of hydrogen-bond acceptors (Lipinski definition) is 1. The number of ether oxygens (including phenoxy) is 1. The smallest absolute Gasteiger partial charge is 0.167 e. The number of rotatable bonds is 12. The Morgan fingerprint density at radius 3 is 1.87 bits per heavy atom. The molecule has 3 aromatic carbocycles. The molecule has 3 aromatic rings. The third-order valence-electron chi connectivity index (χ3n) is 8.00. The van der Waals surface area contributed by atoms with Crippen molar-refractivity contribution < 1.29 is 22.3 Å². The highest BCUT2D eigenvalue weighted by atomic mass is 19.2. The molecule has 4 rings (SSSR count). The Hall–Kier alpha value is -2.66. The highest BCUT2D eigenvalue weighted by molar-refractivity contribution is 5.71. The van der Waals surface area contributed by atoms with E-state index in [-0.39, 0.29) is 16.7 Å². The molecular weight excluding hydrogens is 500 g/mol. The number of benzene rings is 3. The van der Waals surface area contributed by atoms with Gasteiger partial charge in [-0.1, -0.05) is 101 Å². The Balaban J connectivity index is 1.44. The van der Waals surface area contributed by atoms with Crippen LogP contribution in [0.5, 0.6) is 0 Å². The second kappa shape index (κ2) is 14.1. The molecule has 1 aliphatic heterocycles. The molecule has 0 aromatic heterocycles. The molecule has 0 bridgehead atoms. The van der Waals surface area contributed by atoms with Crippen LogP contribution in [0, 0.1) is 29.2 Å². The van der Waals surface area contributed by atoms with Gasteiger partial charge in [-0.05, 0) is 54.7 Å². The number of halogens is 4. The molecule has 1 heterocycles. The number of hydrogen-bond donors (Lipinski definition) is 0. The van der Waals surface area contributed by atoms with Gasteiger partial charge in [-0.15, -0.1) is 0 Å². The monoisotopic (exact) mass is 540 g/mol. The van der Waals surface area contributed by atoms with Crippen molar-refractivity contribution >= 4 is 0 Å². The van der Waals surface area contributed by atoms with Gasteiger partial charge in [-0.2, -0.15) is 0 Å². The number of unbranched alkanes of at least 4 members (excludes halogenated alkanes) is 5. The van der Waals surface area contributed by atoms with E-state index in [2.05, 4.69) is 13.8 Å². The molecule has 2 unspecified atom stereocenters. The molecule has 0 amide bonds. The summed E-state index contributed by atoms with van der Waals surface area (Å²) in [6.07, 6.45) is 10.4. The lowest BCUT2D eigenvalue weighted by Crippen LogP contribution is -2.21. The maximum atomic E-state index is 15.1. The van der Waals surface area contributed by atoms with Crippen molar-refractivity contribution in [2.75, 3.05) is 6.61 Å². The topological polar surface area (TPSA) is 9.23 Å². The van der Waals surface area contributed by atoms with Crippen molar-refractivity contribution in [3.8, 4) is 22.3 Å². The van der Waals surface area contributed by atoms with Crippen molar-refractivity contribution in [3.63, 3.8) is 0 Å². The summed E-state index contributed by atoms with van der Waals surface area (Å²) in [7, 11) is 0. The van der Waals surface area contributed by atoms with Gasteiger partial charge in [0.1, 0.15) is 0 Å². The zero-order valence-electron chi connectivity index (χ0n) is 23.2. The minimum atomic E-state index is -0.921. The van der Waals surface area contributed by atoms with Gasteiger partial charge in [0.25, 0.3) is 0 Å². The molecule has 0 saturated carbocycles. The summed E-state index contributed by atoms with van der Waals surface area (Å²) in [6.45, 7) is 4.87. The van der Waals surface area contributed by atoms with Crippen LogP contribution in [0.3, 0.4) is 0 Å². The molecule has 1 aliphatic rings. The van der Waals surface area contributed by atoms with Gasteiger partial charge in [0.05, 0.1) is 12.7 Å². The molecule has 0 radical (unpaired) electrons. The zero-order valence-corrected chi connectivity index (χ0v) is 23.2. The first kappa shape index (κ1) is 29.3. The third kappa shape index (κ3) is 7.11. The van der Waals surface area contributed by atoms with Crippen LogP contribution in [0.1, 0.15) is 95.3 Å². The first-order valence-electron chi connectivity index (χ1n) is 14.6. The molecule has 0 N–H and O–H groups in total. The predicted molar refractivity (Wildman–Crippen MR) is 151 cm³/mol. The van der Waals surface area contributed by atoms with Crippen molar-refractivity contribution in [1.29, 1.82) is 0 Å². The van der Waals surface area contributed by atoms with Gasteiger partial charge in [0.15, 0.2) is 23.3 Å². The molecular formula is C34H40F4O. The second-order valence-corrected chi connectivity index (χ2v) is 10.9. The quantitative estimate of drug-likeness (QED) is 0.164. The van der Waals surface area contributed by atoms with Crippen LogP contribution in [0.2, 0.25) is 0 Å². The van der Waals surface area contributed by atoms with Crippen molar-refractivity contribution in [2.24, 2.45) is 5.92 Å². The number of aryl methyl sites for hydroxylation is 1. The average molecular weight is 541 g/mol. The van der Waals surface area contributed by atoms with Gasteiger partial charge in [0.2, 0.25) is 0 Å². The Kier molecular flexibility index (Phi) is 10.6. The van der Waals surface area contributed by atoms with Crippen molar-refractivity contribution in [2.45, 2.75) is 90.6 Å². The lowest BCUT2D eigenvalue weighted by Gasteiger charge is -2.29. The van der Waals surface area contributed by atoms with Gasteiger partial charge in [0, 0.05) is 16.7 Å². The van der Waals surface area contributed by atoms with E-state index in [0.717, 1.165) is 38.5 Å². The van der Waals surface area contributed by atoms with Gasteiger partial charge < -0.3 is 4.74 Å². The minimum Gasteiger partial charge on any atom is -0.373 e. The average Bonchev–Trinajstić information content (AvgIpc) is 2.95. The molecule has 0 aliphatic carbocycles. The molecule has 0 spiro atoms. The van der Waals surface area contributed by atoms with E-state index in [9.17, 15) is 8.78 Å². The summed E-state index contributed by atoms with van der Waals surface area (Å²) in [4.78, 5) is 0. The SMILES string of the molecule is CCCCCCCCc1ccc(-c2ccc(-c3ccc(C4CCC(CCC)CO4)c(F)c3F)cc2)c(F)c1F. The standard InChI is InChI=1S/C34H40F4O/c1-3-5-6-7-8-9-11-26-17-18-27(32(36)31(26)35)24-13-15-25(16-14-24)28-19-20-29(34(38)33(28)37)30-21-12-23(10-4-2)22-39-30/h13-20,23,30H,3-12,21-22H2,1-2H3. The largest absolute Gasteiger partial charge is 0.373 e. The third-order valence-corrected chi connectivity index (χ3v) is 8.00. The molecule has 2 atom stereocenters. The molecule has 5 heteroatoms. The predicted octanol–water partition coefficient (Wildman–Crippen LogP) is 10.7. The first-order chi connectivity index (χ1) is 18.9. The maximum absolute atomic E-state index is 15.1. The van der Waals surface area contributed by atoms with Crippen LogP contribution in [-0.4, -0.2) is 6.61 Å². The molecule has 39 heavy (non-hydrogen) atoms. The van der Waals surface area contributed by atoms with E-state index in [1.165, 1.54) is 19.3 Å². The van der Waals surface area contributed by atoms with Crippen molar-refractivity contribution in [1.82, 2.24) is 0 Å². The van der Waals surface area contributed by atoms with E-state index >= 15 is 8.78 Å². The highest BCUT2D eigenvalue weighted by Gasteiger charge is 2.27. The van der Waals surface area contributed by atoms with Crippen LogP contribution in [-0.2, 0) is 11.2 Å². The normalized spacial score (nSPS) is 17.5. The highest BCUT2D eigenvalue weighted by Crippen LogP contribution is 2.37. The van der Waals surface area contributed by atoms with Crippen LogP contribution in [0.4, 0.5) is 17.6 Å². The zero-order chi connectivity index (χ0) is 27.8. The summed E-state index contributed by atoms with van der Waals surface area (Å²) >= 11 is 0. The van der Waals surface area contributed by atoms with E-state index < -0.39 is 29.4 Å².